The molecular weight excluding hydrogens is 596 g/mol. The zero-order chi connectivity index (χ0) is 32.5. The summed E-state index contributed by atoms with van der Waals surface area (Å²) in [5, 5.41) is 0. The van der Waals surface area contributed by atoms with E-state index < -0.39 is 0 Å². The molecule has 1 rings (SSSR count). The summed E-state index contributed by atoms with van der Waals surface area (Å²) in [7, 11) is 4.03. The van der Waals surface area contributed by atoms with Gasteiger partial charge in [0.2, 0.25) is 0 Å². The fraction of sp³-hybridized carbons (Fsp3) is 0.867. The molecule has 0 saturated carbocycles. The molecule has 0 N–H and O–H groups in total. The summed E-state index contributed by atoms with van der Waals surface area (Å²) in [5.74, 6) is -0.611. The third-order valence-electron chi connectivity index (χ3n) is 5.76. The molecule has 15 heteroatoms. The maximum Gasteiger partial charge on any atom is 0.253 e. The first-order valence-corrected chi connectivity index (χ1v) is 15.6. The standard InChI is InChI=1S/C30H56N2O13/c1-31(2)5-7-35-9-11-37-13-15-39-17-19-41-21-23-43-25-27-45-28-26-44-24-22-42-20-18-40-16-14-38-12-10-36-8-6-32-29(33)3-4-30(32)34/h3-4H,5-28H2,1-2H3. The second-order valence-corrected chi connectivity index (χ2v) is 9.70. The summed E-state index contributed by atoms with van der Waals surface area (Å²) >= 11 is 0. The molecule has 0 radical (unpaired) electrons. The van der Waals surface area contributed by atoms with E-state index in [2.05, 4.69) is 4.90 Å². The molecule has 0 fully saturated rings. The van der Waals surface area contributed by atoms with E-state index in [4.69, 9.17) is 52.1 Å². The lowest BCUT2D eigenvalue weighted by atomic mass is 10.5. The first-order valence-electron chi connectivity index (χ1n) is 15.6. The molecule has 0 aromatic rings. The van der Waals surface area contributed by atoms with Gasteiger partial charge in [0.25, 0.3) is 11.8 Å². The normalized spacial score (nSPS) is 13.3. The summed E-state index contributed by atoms with van der Waals surface area (Å²) < 4.78 is 59.9. The van der Waals surface area contributed by atoms with Gasteiger partial charge in [0.1, 0.15) is 0 Å². The summed E-state index contributed by atoms with van der Waals surface area (Å²) in [6.07, 6.45) is 2.51. The number of imide groups is 1. The predicted molar refractivity (Wildman–Crippen MR) is 163 cm³/mol. The number of likely N-dealkylation sites (N-methyl/N-ethyl adjacent to an activating group) is 1. The second-order valence-electron chi connectivity index (χ2n) is 9.70. The molecule has 0 bridgehead atoms. The lowest BCUT2D eigenvalue weighted by Crippen LogP contribution is -2.33. The Morgan fingerprint density at radius 2 is 0.622 bits per heavy atom. The molecule has 1 heterocycles. The number of rotatable bonds is 36. The largest absolute Gasteiger partial charge is 0.378 e. The van der Waals surface area contributed by atoms with Crippen molar-refractivity contribution in [2.75, 3.05) is 173 Å². The Morgan fingerprint density at radius 1 is 0.400 bits per heavy atom. The van der Waals surface area contributed by atoms with Gasteiger partial charge in [-0.05, 0) is 14.1 Å². The molecule has 0 saturated heterocycles. The van der Waals surface area contributed by atoms with Crippen LogP contribution in [0.5, 0.6) is 0 Å². The SMILES string of the molecule is CN(C)CCOCCOCCOCCOCCOCCOCCOCCOCCOCCOCCOCCN1C(=O)C=CC1=O. The third kappa shape index (κ3) is 28.4. The van der Waals surface area contributed by atoms with Gasteiger partial charge in [-0.1, -0.05) is 0 Å². The van der Waals surface area contributed by atoms with Gasteiger partial charge in [-0.15, -0.1) is 0 Å². The van der Waals surface area contributed by atoms with Crippen LogP contribution in [0.3, 0.4) is 0 Å². The van der Waals surface area contributed by atoms with Crippen molar-refractivity contribution in [1.29, 1.82) is 0 Å². The highest BCUT2D eigenvalue weighted by Crippen LogP contribution is 2.02. The third-order valence-corrected chi connectivity index (χ3v) is 5.76. The zero-order valence-corrected chi connectivity index (χ0v) is 27.3. The topological polar surface area (TPSA) is 142 Å². The van der Waals surface area contributed by atoms with Crippen LogP contribution < -0.4 is 0 Å². The van der Waals surface area contributed by atoms with Gasteiger partial charge in [-0.3, -0.25) is 14.5 Å². The van der Waals surface area contributed by atoms with Crippen molar-refractivity contribution in [2.45, 2.75) is 0 Å². The van der Waals surface area contributed by atoms with Crippen molar-refractivity contribution in [3.8, 4) is 0 Å². The fourth-order valence-corrected chi connectivity index (χ4v) is 3.36. The first kappa shape index (κ1) is 41.4. The maximum atomic E-state index is 11.4. The van der Waals surface area contributed by atoms with E-state index >= 15 is 0 Å². The molecule has 0 aromatic heterocycles. The molecule has 0 spiro atoms. The average Bonchev–Trinajstić information content (AvgIpc) is 3.35. The van der Waals surface area contributed by atoms with Crippen molar-refractivity contribution in [2.24, 2.45) is 0 Å². The predicted octanol–water partition coefficient (Wildman–Crippen LogP) is -0.344. The van der Waals surface area contributed by atoms with Crippen molar-refractivity contribution in [1.82, 2.24) is 9.80 Å². The minimum Gasteiger partial charge on any atom is -0.378 e. The van der Waals surface area contributed by atoms with Crippen LogP contribution in [0.2, 0.25) is 0 Å². The van der Waals surface area contributed by atoms with Gasteiger partial charge in [-0.25, -0.2) is 0 Å². The minimum atomic E-state index is -0.306. The average molecular weight is 653 g/mol. The van der Waals surface area contributed by atoms with Crippen molar-refractivity contribution in [3.63, 3.8) is 0 Å². The van der Waals surface area contributed by atoms with Crippen LogP contribution in [0, 0.1) is 0 Å². The van der Waals surface area contributed by atoms with Crippen LogP contribution in [0.4, 0.5) is 0 Å². The lowest BCUT2D eigenvalue weighted by molar-refractivity contribution is -0.137. The number of hydrogen-bond donors (Lipinski definition) is 0. The van der Waals surface area contributed by atoms with Crippen LogP contribution in [0.1, 0.15) is 0 Å². The molecule has 15 nitrogen and oxygen atoms in total. The number of amides is 2. The van der Waals surface area contributed by atoms with E-state index in [9.17, 15) is 9.59 Å². The van der Waals surface area contributed by atoms with Crippen LogP contribution in [0.15, 0.2) is 12.2 Å². The molecule has 2 amide bonds. The molecule has 1 aliphatic rings. The number of carbonyl (C=O) groups excluding carboxylic acids is 2. The van der Waals surface area contributed by atoms with Gasteiger partial charge in [0, 0.05) is 18.7 Å². The Bertz CT molecular complexity index is 697. The van der Waals surface area contributed by atoms with E-state index in [1.165, 1.54) is 12.2 Å². The Kier molecular flexibility index (Phi) is 29.8. The number of ether oxygens (including phenoxy) is 11. The van der Waals surface area contributed by atoms with E-state index in [0.29, 0.717) is 139 Å². The van der Waals surface area contributed by atoms with Crippen LogP contribution in [-0.2, 0) is 61.7 Å². The highest BCUT2D eigenvalue weighted by atomic mass is 16.6. The molecule has 0 aliphatic carbocycles. The molecule has 0 unspecified atom stereocenters. The van der Waals surface area contributed by atoms with Gasteiger partial charge in [0.15, 0.2) is 0 Å². The summed E-state index contributed by atoms with van der Waals surface area (Å²) in [6, 6.07) is 0. The molecular formula is C30H56N2O13. The second kappa shape index (κ2) is 32.3. The molecule has 45 heavy (non-hydrogen) atoms. The monoisotopic (exact) mass is 652 g/mol. The summed E-state index contributed by atoms with van der Waals surface area (Å²) in [4.78, 5) is 26.0. The number of carbonyl (C=O) groups is 2. The quantitative estimate of drug-likeness (QED) is 0.0643. The fourth-order valence-electron chi connectivity index (χ4n) is 3.36. The minimum absolute atomic E-state index is 0.241. The maximum absolute atomic E-state index is 11.4. The summed E-state index contributed by atoms with van der Waals surface area (Å²) in [6.45, 7) is 12.0. The van der Waals surface area contributed by atoms with E-state index in [1.54, 1.807) is 0 Å². The smallest absolute Gasteiger partial charge is 0.253 e. The number of hydrogen-bond acceptors (Lipinski definition) is 14. The Balaban J connectivity index is 1.62. The first-order chi connectivity index (χ1) is 22.1. The van der Waals surface area contributed by atoms with Gasteiger partial charge in [0.05, 0.1) is 152 Å². The van der Waals surface area contributed by atoms with E-state index in [1.807, 2.05) is 14.1 Å². The van der Waals surface area contributed by atoms with Crippen LogP contribution >= 0.6 is 0 Å². The molecule has 0 aromatic carbocycles. The van der Waals surface area contributed by atoms with E-state index in [-0.39, 0.29) is 25.0 Å². The zero-order valence-electron chi connectivity index (χ0n) is 27.3. The van der Waals surface area contributed by atoms with Crippen molar-refractivity contribution in [3.05, 3.63) is 12.2 Å². The van der Waals surface area contributed by atoms with Gasteiger partial charge in [-0.2, -0.15) is 0 Å². The Morgan fingerprint density at radius 3 is 0.867 bits per heavy atom. The van der Waals surface area contributed by atoms with Gasteiger partial charge < -0.3 is 57.0 Å². The summed E-state index contributed by atoms with van der Waals surface area (Å²) in [5.41, 5.74) is 0. The Labute approximate surface area is 268 Å². The molecule has 1 aliphatic heterocycles. The van der Waals surface area contributed by atoms with Crippen LogP contribution in [-0.4, -0.2) is 194 Å². The van der Waals surface area contributed by atoms with Crippen molar-refractivity contribution < 1.29 is 61.7 Å². The lowest BCUT2D eigenvalue weighted by Gasteiger charge is -2.13. The highest BCUT2D eigenvalue weighted by molar-refractivity contribution is 6.12. The molecule has 264 valence electrons. The molecule has 0 atom stereocenters. The number of nitrogens with zero attached hydrogens (tertiary/aromatic N) is 2. The van der Waals surface area contributed by atoms with Crippen LogP contribution in [0.25, 0.3) is 0 Å². The Hall–Kier alpha value is -1.60. The van der Waals surface area contributed by atoms with Crippen molar-refractivity contribution >= 4 is 11.8 Å². The highest BCUT2D eigenvalue weighted by Gasteiger charge is 2.22. The van der Waals surface area contributed by atoms with Gasteiger partial charge >= 0.3 is 0 Å². The van der Waals surface area contributed by atoms with E-state index in [0.717, 1.165) is 11.4 Å².